The molecular formula is C11H23N3. The fraction of sp³-hybridized carbons (Fsp3) is 1.00. The lowest BCUT2D eigenvalue weighted by atomic mass is 10.1. The van der Waals surface area contributed by atoms with Crippen molar-refractivity contribution in [1.29, 1.82) is 0 Å². The molecule has 2 rings (SSSR count). The van der Waals surface area contributed by atoms with E-state index in [1.807, 2.05) is 0 Å². The van der Waals surface area contributed by atoms with Crippen LogP contribution in [0.2, 0.25) is 0 Å². The van der Waals surface area contributed by atoms with Crippen LogP contribution in [0.15, 0.2) is 0 Å². The van der Waals surface area contributed by atoms with Crippen LogP contribution in [-0.2, 0) is 0 Å². The third-order valence-corrected chi connectivity index (χ3v) is 3.59. The van der Waals surface area contributed by atoms with Gasteiger partial charge in [0.1, 0.15) is 0 Å². The molecule has 3 nitrogen and oxygen atoms in total. The predicted octanol–water partition coefficient (Wildman–Crippen LogP) is 0.374. The molecule has 1 saturated heterocycles. The summed E-state index contributed by atoms with van der Waals surface area (Å²) in [5.74, 6) is 0. The van der Waals surface area contributed by atoms with E-state index in [-0.39, 0.29) is 0 Å². The molecule has 0 aromatic carbocycles. The monoisotopic (exact) mass is 197 g/mol. The number of likely N-dealkylation sites (N-methyl/N-ethyl adjacent to an activating group) is 1. The fourth-order valence-corrected chi connectivity index (χ4v) is 2.78. The normalized spacial score (nSPS) is 33.6. The molecule has 1 heterocycles. The van der Waals surface area contributed by atoms with Gasteiger partial charge in [-0.25, -0.2) is 0 Å². The molecule has 1 aliphatic heterocycles. The fourth-order valence-electron chi connectivity index (χ4n) is 2.78. The smallest absolute Gasteiger partial charge is 0.0250 e. The van der Waals surface area contributed by atoms with E-state index >= 15 is 0 Å². The number of nitrogens with one attached hydrogen (secondary N) is 1. The van der Waals surface area contributed by atoms with E-state index in [4.69, 9.17) is 0 Å². The minimum atomic E-state index is 0.797. The van der Waals surface area contributed by atoms with E-state index in [0.29, 0.717) is 0 Å². The Bertz CT molecular complexity index is 181. The Balaban J connectivity index is 1.84. The zero-order valence-electron chi connectivity index (χ0n) is 9.50. The van der Waals surface area contributed by atoms with Crippen molar-refractivity contribution in [3.8, 4) is 0 Å². The molecule has 0 radical (unpaired) electrons. The maximum Gasteiger partial charge on any atom is 0.0250 e. The molecule has 0 amide bonds. The number of rotatable bonds is 3. The molecule has 2 atom stereocenters. The molecule has 2 aliphatic rings. The van der Waals surface area contributed by atoms with Crippen LogP contribution in [-0.4, -0.2) is 62.2 Å². The number of hydrogen-bond donors (Lipinski definition) is 1. The Morgan fingerprint density at radius 1 is 1.36 bits per heavy atom. The van der Waals surface area contributed by atoms with Gasteiger partial charge in [0, 0.05) is 38.3 Å². The highest BCUT2D eigenvalue weighted by Crippen LogP contribution is 2.26. The average molecular weight is 197 g/mol. The number of fused-ring (bicyclic) bond motifs is 1. The maximum atomic E-state index is 3.64. The van der Waals surface area contributed by atoms with Crippen LogP contribution >= 0.6 is 0 Å². The number of nitrogens with zero attached hydrogens (tertiary/aromatic N) is 2. The molecule has 1 N–H and O–H groups in total. The quantitative estimate of drug-likeness (QED) is 0.705. The lowest BCUT2D eigenvalue weighted by Crippen LogP contribution is -2.56. The summed E-state index contributed by atoms with van der Waals surface area (Å²) in [6.07, 6.45) is 4.22. The summed E-state index contributed by atoms with van der Waals surface area (Å²) in [5, 5.41) is 3.64. The number of piperazine rings is 1. The first-order valence-electron chi connectivity index (χ1n) is 5.89. The summed E-state index contributed by atoms with van der Waals surface area (Å²) >= 11 is 0. The Hall–Kier alpha value is -0.120. The largest absolute Gasteiger partial charge is 0.311 e. The van der Waals surface area contributed by atoms with E-state index < -0.39 is 0 Å². The summed E-state index contributed by atoms with van der Waals surface area (Å²) in [6.45, 7) is 4.88. The van der Waals surface area contributed by atoms with Crippen LogP contribution < -0.4 is 5.32 Å². The van der Waals surface area contributed by atoms with Gasteiger partial charge in [-0.15, -0.1) is 0 Å². The second-order valence-corrected chi connectivity index (χ2v) is 4.90. The van der Waals surface area contributed by atoms with Gasteiger partial charge >= 0.3 is 0 Å². The second kappa shape index (κ2) is 4.60. The Morgan fingerprint density at radius 3 is 3.00 bits per heavy atom. The second-order valence-electron chi connectivity index (χ2n) is 4.90. The standard InChI is InChI=1S/C11H23N3/c1-13(2)8-9-14-7-6-12-10-4-3-5-11(10)14/h10-12H,3-9H2,1-2H3/t10-,11-/m1/s1. The minimum absolute atomic E-state index is 0.797. The predicted molar refractivity (Wildman–Crippen MR) is 59.6 cm³/mol. The molecule has 2 fully saturated rings. The molecule has 3 heteroatoms. The third kappa shape index (κ3) is 2.27. The van der Waals surface area contributed by atoms with Gasteiger partial charge in [-0.3, -0.25) is 4.90 Å². The number of hydrogen-bond acceptors (Lipinski definition) is 3. The van der Waals surface area contributed by atoms with E-state index in [1.165, 1.54) is 45.4 Å². The van der Waals surface area contributed by atoms with Gasteiger partial charge in [-0.2, -0.15) is 0 Å². The Kier molecular flexibility index (Phi) is 3.42. The zero-order chi connectivity index (χ0) is 9.97. The molecule has 0 aromatic heterocycles. The first kappa shape index (κ1) is 10.4. The summed E-state index contributed by atoms with van der Waals surface area (Å²) < 4.78 is 0. The molecule has 0 spiro atoms. The average Bonchev–Trinajstić information content (AvgIpc) is 2.62. The van der Waals surface area contributed by atoms with Gasteiger partial charge in [0.05, 0.1) is 0 Å². The van der Waals surface area contributed by atoms with E-state index in [2.05, 4.69) is 29.2 Å². The van der Waals surface area contributed by atoms with Crippen LogP contribution in [0.5, 0.6) is 0 Å². The van der Waals surface area contributed by atoms with Crippen LogP contribution in [0.1, 0.15) is 19.3 Å². The van der Waals surface area contributed by atoms with Crippen molar-refractivity contribution in [1.82, 2.24) is 15.1 Å². The molecule has 0 bridgehead atoms. The van der Waals surface area contributed by atoms with Crippen molar-refractivity contribution < 1.29 is 0 Å². The Morgan fingerprint density at radius 2 is 2.21 bits per heavy atom. The zero-order valence-corrected chi connectivity index (χ0v) is 9.50. The van der Waals surface area contributed by atoms with Crippen LogP contribution in [0.25, 0.3) is 0 Å². The van der Waals surface area contributed by atoms with Crippen molar-refractivity contribution in [2.45, 2.75) is 31.3 Å². The van der Waals surface area contributed by atoms with Crippen molar-refractivity contribution in [3.05, 3.63) is 0 Å². The molecule has 82 valence electrons. The molecule has 1 aliphatic carbocycles. The lowest BCUT2D eigenvalue weighted by Gasteiger charge is -2.38. The van der Waals surface area contributed by atoms with Crippen LogP contribution in [0.4, 0.5) is 0 Å². The van der Waals surface area contributed by atoms with Gasteiger partial charge in [-0.05, 0) is 26.9 Å². The van der Waals surface area contributed by atoms with E-state index in [1.54, 1.807) is 0 Å². The third-order valence-electron chi connectivity index (χ3n) is 3.59. The van der Waals surface area contributed by atoms with Crippen molar-refractivity contribution >= 4 is 0 Å². The first-order valence-corrected chi connectivity index (χ1v) is 5.89. The highest BCUT2D eigenvalue weighted by molar-refractivity contribution is 4.94. The van der Waals surface area contributed by atoms with Crippen LogP contribution in [0, 0.1) is 0 Å². The van der Waals surface area contributed by atoms with Crippen molar-refractivity contribution in [2.24, 2.45) is 0 Å². The molecule has 0 aromatic rings. The van der Waals surface area contributed by atoms with Gasteiger partial charge in [0.25, 0.3) is 0 Å². The van der Waals surface area contributed by atoms with E-state index in [9.17, 15) is 0 Å². The van der Waals surface area contributed by atoms with Crippen molar-refractivity contribution in [2.75, 3.05) is 40.3 Å². The van der Waals surface area contributed by atoms with Gasteiger partial charge in [0.15, 0.2) is 0 Å². The SMILES string of the molecule is CN(C)CCN1CCN[C@@H]2CCC[C@H]21. The van der Waals surface area contributed by atoms with Gasteiger partial charge in [0.2, 0.25) is 0 Å². The Labute approximate surface area is 87.4 Å². The summed E-state index contributed by atoms with van der Waals surface area (Å²) in [6, 6.07) is 1.63. The summed E-state index contributed by atoms with van der Waals surface area (Å²) in [5.41, 5.74) is 0. The summed E-state index contributed by atoms with van der Waals surface area (Å²) in [7, 11) is 4.32. The van der Waals surface area contributed by atoms with Gasteiger partial charge < -0.3 is 10.2 Å². The first-order chi connectivity index (χ1) is 6.77. The minimum Gasteiger partial charge on any atom is -0.311 e. The molecule has 0 unspecified atom stereocenters. The highest BCUT2D eigenvalue weighted by Gasteiger charge is 2.34. The van der Waals surface area contributed by atoms with Crippen molar-refractivity contribution in [3.63, 3.8) is 0 Å². The summed E-state index contributed by atoms with van der Waals surface area (Å²) in [4.78, 5) is 4.97. The van der Waals surface area contributed by atoms with E-state index in [0.717, 1.165) is 12.1 Å². The topological polar surface area (TPSA) is 18.5 Å². The lowest BCUT2D eigenvalue weighted by molar-refractivity contribution is 0.127. The highest BCUT2D eigenvalue weighted by atomic mass is 15.3. The molecular weight excluding hydrogens is 174 g/mol. The maximum absolute atomic E-state index is 3.64. The molecule has 14 heavy (non-hydrogen) atoms. The molecule has 1 saturated carbocycles. The van der Waals surface area contributed by atoms with Gasteiger partial charge in [-0.1, -0.05) is 6.42 Å². The van der Waals surface area contributed by atoms with Crippen LogP contribution in [0.3, 0.4) is 0 Å².